The number of aryl methyl sites for hydroxylation is 1. The molecule has 0 aliphatic rings. The number of carbonyl (C=O) groups is 2. The molecule has 0 spiro atoms. The van der Waals surface area contributed by atoms with Crippen molar-refractivity contribution in [3.05, 3.63) is 36.0 Å². The highest BCUT2D eigenvalue weighted by Crippen LogP contribution is 2.20. The average molecular weight is 324 g/mol. The molecule has 2 rings (SSSR count). The highest BCUT2D eigenvalue weighted by atomic mass is 19.3. The maximum absolute atomic E-state index is 12.4. The van der Waals surface area contributed by atoms with Gasteiger partial charge < -0.3 is 15.0 Å². The minimum Gasteiger partial charge on any atom is -0.480 e. The number of carbonyl (C=O) groups excluding carboxylic acids is 1. The Morgan fingerprint density at radius 2 is 2.00 bits per heavy atom. The quantitative estimate of drug-likeness (QED) is 0.822. The number of carboxylic acid groups (broad SMARTS) is 1. The summed E-state index contributed by atoms with van der Waals surface area (Å²) < 4.78 is 26.7. The second-order valence-electron chi connectivity index (χ2n) is 5.23. The lowest BCUT2D eigenvalue weighted by molar-refractivity contribution is -0.140. The van der Waals surface area contributed by atoms with Gasteiger partial charge in [0.15, 0.2) is 0 Å². The number of hydrogen-bond acceptors (Lipinski definition) is 2. The van der Waals surface area contributed by atoms with E-state index in [-0.39, 0.29) is 5.69 Å². The molecule has 0 saturated carbocycles. The van der Waals surface area contributed by atoms with E-state index in [4.69, 9.17) is 5.11 Å². The fourth-order valence-electron chi connectivity index (χ4n) is 2.49. The van der Waals surface area contributed by atoms with Crippen molar-refractivity contribution in [2.75, 3.05) is 0 Å². The first-order chi connectivity index (χ1) is 10.9. The first-order valence-electron chi connectivity index (χ1n) is 7.34. The van der Waals surface area contributed by atoms with Crippen molar-refractivity contribution in [2.45, 2.75) is 38.8 Å². The Kier molecular flexibility index (Phi) is 5.31. The van der Waals surface area contributed by atoms with Crippen molar-refractivity contribution >= 4 is 22.8 Å². The first-order valence-corrected chi connectivity index (χ1v) is 7.34. The van der Waals surface area contributed by atoms with Crippen LogP contribution in [-0.4, -0.2) is 34.0 Å². The van der Waals surface area contributed by atoms with Gasteiger partial charge >= 0.3 is 5.97 Å². The molecule has 2 aromatic rings. The number of rotatable bonds is 7. The SMILES string of the molecule is CCCn1c(C(=O)NC(CC(F)F)C(=O)O)cc2ccccc21. The van der Waals surface area contributed by atoms with Crippen LogP contribution in [0.2, 0.25) is 0 Å². The molecule has 5 nitrogen and oxygen atoms in total. The molecule has 0 aliphatic heterocycles. The summed E-state index contributed by atoms with van der Waals surface area (Å²) in [6.07, 6.45) is -2.95. The van der Waals surface area contributed by atoms with Crippen LogP contribution < -0.4 is 5.32 Å². The predicted molar refractivity (Wildman–Crippen MR) is 81.7 cm³/mol. The fourth-order valence-corrected chi connectivity index (χ4v) is 2.49. The lowest BCUT2D eigenvalue weighted by Crippen LogP contribution is -2.42. The fraction of sp³-hybridized carbons (Fsp3) is 0.375. The average Bonchev–Trinajstić information content (AvgIpc) is 2.85. The van der Waals surface area contributed by atoms with Crippen molar-refractivity contribution in [1.82, 2.24) is 9.88 Å². The highest BCUT2D eigenvalue weighted by Gasteiger charge is 2.26. The molecule has 0 aliphatic carbocycles. The van der Waals surface area contributed by atoms with Crippen LogP contribution in [0.4, 0.5) is 8.78 Å². The Labute approximate surface area is 131 Å². The van der Waals surface area contributed by atoms with Crippen LogP contribution in [-0.2, 0) is 11.3 Å². The topological polar surface area (TPSA) is 71.3 Å². The second-order valence-corrected chi connectivity index (χ2v) is 5.23. The molecule has 0 saturated heterocycles. The normalized spacial score (nSPS) is 12.5. The zero-order valence-electron chi connectivity index (χ0n) is 12.6. The van der Waals surface area contributed by atoms with Crippen molar-refractivity contribution < 1.29 is 23.5 Å². The van der Waals surface area contributed by atoms with E-state index in [0.717, 1.165) is 17.3 Å². The molecule has 1 amide bonds. The van der Waals surface area contributed by atoms with Crippen LogP contribution in [0.25, 0.3) is 10.9 Å². The van der Waals surface area contributed by atoms with E-state index in [1.807, 2.05) is 31.2 Å². The number of para-hydroxylation sites is 1. The van der Waals surface area contributed by atoms with Crippen LogP contribution >= 0.6 is 0 Å². The van der Waals surface area contributed by atoms with Crippen molar-refractivity contribution in [1.29, 1.82) is 0 Å². The summed E-state index contributed by atoms with van der Waals surface area (Å²) in [5.74, 6) is -2.14. The van der Waals surface area contributed by atoms with Crippen LogP contribution in [0.1, 0.15) is 30.3 Å². The number of fused-ring (bicyclic) bond motifs is 1. The first kappa shape index (κ1) is 16.9. The Morgan fingerprint density at radius 1 is 1.30 bits per heavy atom. The maximum Gasteiger partial charge on any atom is 0.326 e. The zero-order valence-corrected chi connectivity index (χ0v) is 12.6. The van der Waals surface area contributed by atoms with Gasteiger partial charge in [-0.05, 0) is 18.6 Å². The summed E-state index contributed by atoms with van der Waals surface area (Å²) in [5, 5.41) is 12.0. The number of nitrogens with one attached hydrogen (secondary N) is 1. The van der Waals surface area contributed by atoms with Crippen LogP contribution in [0, 0.1) is 0 Å². The second kappa shape index (κ2) is 7.21. The monoisotopic (exact) mass is 324 g/mol. The van der Waals surface area contributed by atoms with Crippen molar-refractivity contribution in [3.63, 3.8) is 0 Å². The summed E-state index contributed by atoms with van der Waals surface area (Å²) in [6.45, 7) is 2.52. The molecular formula is C16H18F2N2O3. The van der Waals surface area contributed by atoms with E-state index in [0.29, 0.717) is 6.54 Å². The van der Waals surface area contributed by atoms with Gasteiger partial charge in [-0.3, -0.25) is 4.79 Å². The smallest absolute Gasteiger partial charge is 0.326 e. The van der Waals surface area contributed by atoms with Gasteiger partial charge in [-0.25, -0.2) is 13.6 Å². The summed E-state index contributed by atoms with van der Waals surface area (Å²) in [5.41, 5.74) is 1.12. The number of aromatic nitrogens is 1. The summed E-state index contributed by atoms with van der Waals surface area (Å²) >= 11 is 0. The Morgan fingerprint density at radius 3 is 2.61 bits per heavy atom. The lowest BCUT2D eigenvalue weighted by atomic mass is 10.2. The summed E-state index contributed by atoms with van der Waals surface area (Å²) in [4.78, 5) is 23.4. The molecule has 0 fully saturated rings. The predicted octanol–water partition coefficient (Wildman–Crippen LogP) is 2.89. The number of nitrogens with zero attached hydrogens (tertiary/aromatic N) is 1. The minimum atomic E-state index is -2.81. The largest absolute Gasteiger partial charge is 0.480 e. The summed E-state index contributed by atoms with van der Waals surface area (Å²) in [6, 6.07) is 7.39. The van der Waals surface area contributed by atoms with E-state index in [9.17, 15) is 18.4 Å². The molecule has 2 N–H and O–H groups in total. The van der Waals surface area contributed by atoms with Gasteiger partial charge in [0, 0.05) is 23.9 Å². The van der Waals surface area contributed by atoms with Crippen LogP contribution in [0.5, 0.6) is 0 Å². The third-order valence-electron chi connectivity index (χ3n) is 3.51. The molecular weight excluding hydrogens is 306 g/mol. The number of amides is 1. The molecule has 1 atom stereocenters. The molecule has 0 radical (unpaired) electrons. The Hall–Kier alpha value is -2.44. The van der Waals surface area contributed by atoms with Gasteiger partial charge in [-0.2, -0.15) is 0 Å². The molecule has 1 aromatic carbocycles. The third-order valence-corrected chi connectivity index (χ3v) is 3.51. The molecule has 1 aromatic heterocycles. The van der Waals surface area contributed by atoms with Gasteiger partial charge in [0.1, 0.15) is 11.7 Å². The van der Waals surface area contributed by atoms with Gasteiger partial charge in [-0.1, -0.05) is 25.1 Å². The number of benzene rings is 1. The molecule has 1 unspecified atom stereocenters. The number of hydrogen-bond donors (Lipinski definition) is 2. The van der Waals surface area contributed by atoms with E-state index < -0.39 is 30.8 Å². The van der Waals surface area contributed by atoms with E-state index >= 15 is 0 Å². The van der Waals surface area contributed by atoms with E-state index in [2.05, 4.69) is 5.32 Å². The third kappa shape index (κ3) is 3.85. The summed E-state index contributed by atoms with van der Waals surface area (Å²) in [7, 11) is 0. The maximum atomic E-state index is 12.4. The van der Waals surface area contributed by atoms with Gasteiger partial charge in [-0.15, -0.1) is 0 Å². The number of halogens is 2. The van der Waals surface area contributed by atoms with Crippen LogP contribution in [0.3, 0.4) is 0 Å². The Bertz CT molecular complexity index is 712. The van der Waals surface area contributed by atoms with Crippen molar-refractivity contribution in [2.24, 2.45) is 0 Å². The Balaban J connectivity index is 2.32. The van der Waals surface area contributed by atoms with Crippen molar-refractivity contribution in [3.8, 4) is 0 Å². The molecule has 23 heavy (non-hydrogen) atoms. The molecule has 0 bridgehead atoms. The lowest BCUT2D eigenvalue weighted by Gasteiger charge is -2.15. The van der Waals surface area contributed by atoms with Gasteiger partial charge in [0.05, 0.1) is 0 Å². The molecule has 7 heteroatoms. The van der Waals surface area contributed by atoms with Gasteiger partial charge in [0.25, 0.3) is 5.91 Å². The van der Waals surface area contributed by atoms with E-state index in [1.165, 1.54) is 0 Å². The number of carboxylic acids is 1. The van der Waals surface area contributed by atoms with Crippen LogP contribution in [0.15, 0.2) is 30.3 Å². The highest BCUT2D eigenvalue weighted by molar-refractivity contribution is 6.00. The standard InChI is InChI=1S/C16H18F2N2O3/c1-2-7-20-12-6-4-3-5-10(12)8-13(20)15(21)19-11(16(22)23)9-14(17)18/h3-6,8,11,14H,2,7,9H2,1H3,(H,19,21)(H,22,23). The molecule has 1 heterocycles. The zero-order chi connectivity index (χ0) is 17.0. The number of alkyl halides is 2. The van der Waals surface area contributed by atoms with E-state index in [1.54, 1.807) is 10.6 Å². The minimum absolute atomic E-state index is 0.272. The molecule has 124 valence electrons. The van der Waals surface area contributed by atoms with Gasteiger partial charge in [0.2, 0.25) is 6.43 Å². The number of aliphatic carboxylic acids is 1.